The summed E-state index contributed by atoms with van der Waals surface area (Å²) < 4.78 is 71.6. The molecule has 8 aromatic rings. The summed E-state index contributed by atoms with van der Waals surface area (Å²) in [6.45, 7) is 0. The number of hydrogen-bond acceptors (Lipinski definition) is 16. The van der Waals surface area contributed by atoms with Crippen molar-refractivity contribution in [2.75, 3.05) is 31.9 Å². The summed E-state index contributed by atoms with van der Waals surface area (Å²) in [5, 5.41) is 18.4. The van der Waals surface area contributed by atoms with E-state index in [2.05, 4.69) is 61.8 Å². The Bertz CT molecular complexity index is 2840. The van der Waals surface area contributed by atoms with Crippen molar-refractivity contribution in [2.45, 2.75) is 9.79 Å². The molecule has 18 nitrogen and oxygen atoms in total. The first-order chi connectivity index (χ1) is 30.9. The molecule has 0 bridgehead atoms. The average molecular weight is 893 g/mol. The number of benzene rings is 6. The van der Waals surface area contributed by atoms with Crippen LogP contribution in [0.5, 0.6) is 0 Å². The fraction of sp³-hybridized carbons (Fsp3) is 0. The lowest BCUT2D eigenvalue weighted by Gasteiger charge is -2.13. The van der Waals surface area contributed by atoms with Crippen LogP contribution in [0.2, 0.25) is 0 Å². The Hall–Kier alpha value is -8.30. The summed E-state index contributed by atoms with van der Waals surface area (Å²) >= 11 is 0. The summed E-state index contributed by atoms with van der Waals surface area (Å²) in [7, 11) is -9.71. The molecule has 6 aromatic carbocycles. The van der Waals surface area contributed by atoms with Crippen LogP contribution < -0.4 is 31.9 Å². The SMILES string of the molecule is O=S(=O)(O)c1cc(Nc2nc(Nc3ccccc3)nc(Nc3ccccc3)n2)ccc1C=Cc1ccc(Nc2nc(Nc3ccccc3)nc(Nc3ccccc3)n2)cc1S(=O)(=O)O. The van der Waals surface area contributed by atoms with E-state index >= 15 is 0 Å². The lowest BCUT2D eigenvalue weighted by Crippen LogP contribution is -2.08. The maximum Gasteiger partial charge on any atom is 0.295 e. The van der Waals surface area contributed by atoms with E-state index in [0.29, 0.717) is 22.7 Å². The van der Waals surface area contributed by atoms with Gasteiger partial charge in [0.15, 0.2) is 0 Å². The Balaban J connectivity index is 1.07. The van der Waals surface area contributed by atoms with Gasteiger partial charge in [0.2, 0.25) is 35.7 Å². The van der Waals surface area contributed by atoms with Gasteiger partial charge in [0, 0.05) is 34.1 Å². The van der Waals surface area contributed by atoms with Crippen molar-refractivity contribution in [3.8, 4) is 0 Å². The van der Waals surface area contributed by atoms with Gasteiger partial charge in [-0.3, -0.25) is 9.11 Å². The Morgan fingerprint density at radius 3 is 0.797 bits per heavy atom. The first-order valence-electron chi connectivity index (χ1n) is 19.2. The summed E-state index contributed by atoms with van der Waals surface area (Å²) in [6, 6.07) is 45.0. The third kappa shape index (κ3) is 11.3. The van der Waals surface area contributed by atoms with Gasteiger partial charge in [-0.15, -0.1) is 0 Å². The number of nitrogens with one attached hydrogen (secondary N) is 6. The number of hydrogen-bond donors (Lipinski definition) is 8. The predicted octanol–water partition coefficient (Wildman–Crippen LogP) is 9.18. The highest BCUT2D eigenvalue weighted by molar-refractivity contribution is 7.86. The molecule has 0 aliphatic rings. The molecule has 0 spiro atoms. The fourth-order valence-corrected chi connectivity index (χ4v) is 7.49. The summed E-state index contributed by atoms with van der Waals surface area (Å²) in [6.07, 6.45) is 2.57. The lowest BCUT2D eigenvalue weighted by molar-refractivity contribution is 0.480. The van der Waals surface area contributed by atoms with Crippen molar-refractivity contribution < 1.29 is 25.9 Å². The first kappa shape index (κ1) is 42.4. The Morgan fingerprint density at radius 1 is 0.328 bits per heavy atom. The molecule has 20 heteroatoms. The van der Waals surface area contributed by atoms with Gasteiger partial charge in [-0.2, -0.15) is 46.7 Å². The third-order valence-corrected chi connectivity index (χ3v) is 10.7. The Labute approximate surface area is 367 Å². The van der Waals surface area contributed by atoms with Gasteiger partial charge in [-0.05, 0) is 83.9 Å². The molecule has 0 fully saturated rings. The maximum absolute atomic E-state index is 12.7. The van der Waals surface area contributed by atoms with Crippen LogP contribution in [0.3, 0.4) is 0 Å². The van der Waals surface area contributed by atoms with E-state index in [0.717, 1.165) is 0 Å². The normalized spacial score (nSPS) is 11.5. The molecule has 2 aromatic heterocycles. The van der Waals surface area contributed by atoms with Crippen molar-refractivity contribution in [3.63, 3.8) is 0 Å². The molecule has 0 saturated heterocycles. The summed E-state index contributed by atoms with van der Waals surface area (Å²) in [4.78, 5) is 25.7. The van der Waals surface area contributed by atoms with E-state index in [1.807, 2.05) is 121 Å². The predicted molar refractivity (Wildman–Crippen MR) is 247 cm³/mol. The first-order valence-corrected chi connectivity index (χ1v) is 22.0. The second-order valence-corrected chi connectivity index (χ2v) is 16.4. The molecule has 0 amide bonds. The molecule has 0 saturated carbocycles. The number of rotatable bonds is 16. The molecule has 0 aliphatic heterocycles. The molecule has 320 valence electrons. The standard InChI is InChI=1S/C44H36N12O6S2/c57-63(58,59)37-27-35(49-43-53-39(45-31-13-5-1-6-14-31)51-40(54-43)46-32-15-7-2-8-16-32)25-23-29(37)21-22-30-24-26-36(28-38(30)64(60,61)62)50-44-55-41(47-33-17-9-3-10-18-33)52-42(56-44)48-34-19-11-4-12-20-34/h1-28H,(H,57,58,59)(H,60,61,62)(H3,45,46,49,51,53,54)(H3,47,48,50,52,55,56). The van der Waals surface area contributed by atoms with Gasteiger partial charge in [0.1, 0.15) is 9.79 Å². The molecular formula is C44H36N12O6S2. The minimum Gasteiger partial charge on any atom is -0.324 e. The zero-order valence-electron chi connectivity index (χ0n) is 33.2. The number of anilines is 12. The van der Waals surface area contributed by atoms with Crippen LogP contribution in [0.4, 0.5) is 69.8 Å². The van der Waals surface area contributed by atoms with Crippen molar-refractivity contribution in [2.24, 2.45) is 0 Å². The molecule has 8 rings (SSSR count). The van der Waals surface area contributed by atoms with E-state index < -0.39 is 30.0 Å². The lowest BCUT2D eigenvalue weighted by atomic mass is 10.1. The van der Waals surface area contributed by atoms with Crippen LogP contribution in [0, 0.1) is 0 Å². The van der Waals surface area contributed by atoms with E-state index in [1.165, 1.54) is 48.6 Å². The number of aromatic nitrogens is 6. The molecule has 8 N–H and O–H groups in total. The van der Waals surface area contributed by atoms with Crippen molar-refractivity contribution >= 4 is 102 Å². The van der Waals surface area contributed by atoms with Gasteiger partial charge >= 0.3 is 0 Å². The van der Waals surface area contributed by atoms with Gasteiger partial charge in [-0.1, -0.05) is 97.1 Å². The molecule has 2 heterocycles. The number of nitrogens with zero attached hydrogens (tertiary/aromatic N) is 6. The van der Waals surface area contributed by atoms with Crippen molar-refractivity contribution in [3.05, 3.63) is 169 Å². The zero-order valence-corrected chi connectivity index (χ0v) is 34.8. The van der Waals surface area contributed by atoms with E-state index in [9.17, 15) is 25.9 Å². The Kier molecular flexibility index (Phi) is 12.4. The van der Waals surface area contributed by atoms with Crippen LogP contribution in [-0.4, -0.2) is 55.8 Å². The van der Waals surface area contributed by atoms with Gasteiger partial charge in [0.25, 0.3) is 20.2 Å². The topological polar surface area (TPSA) is 258 Å². The minimum absolute atomic E-state index is 0.00729. The molecule has 64 heavy (non-hydrogen) atoms. The van der Waals surface area contributed by atoms with Crippen LogP contribution in [0.25, 0.3) is 12.2 Å². The van der Waals surface area contributed by atoms with Crippen LogP contribution in [-0.2, 0) is 20.2 Å². The number of para-hydroxylation sites is 4. The zero-order chi connectivity index (χ0) is 44.5. The van der Waals surface area contributed by atoms with Crippen molar-refractivity contribution in [1.29, 1.82) is 0 Å². The van der Waals surface area contributed by atoms with Gasteiger partial charge in [-0.25, -0.2) is 0 Å². The van der Waals surface area contributed by atoms with E-state index in [1.54, 1.807) is 0 Å². The molecular weight excluding hydrogens is 857 g/mol. The van der Waals surface area contributed by atoms with Gasteiger partial charge in [0.05, 0.1) is 0 Å². The highest BCUT2D eigenvalue weighted by Crippen LogP contribution is 2.29. The molecule has 0 unspecified atom stereocenters. The monoisotopic (exact) mass is 892 g/mol. The summed E-state index contributed by atoms with van der Waals surface area (Å²) in [5.74, 6) is 0.775. The van der Waals surface area contributed by atoms with Crippen molar-refractivity contribution in [1.82, 2.24) is 29.9 Å². The summed E-state index contributed by atoms with van der Waals surface area (Å²) in [5.41, 5.74) is 3.18. The van der Waals surface area contributed by atoms with E-state index in [4.69, 9.17) is 0 Å². The highest BCUT2D eigenvalue weighted by Gasteiger charge is 2.19. The second-order valence-electron chi connectivity index (χ2n) is 13.6. The largest absolute Gasteiger partial charge is 0.324 e. The molecule has 0 aliphatic carbocycles. The fourth-order valence-electron chi connectivity index (χ4n) is 6.07. The Morgan fingerprint density at radius 2 is 0.562 bits per heavy atom. The minimum atomic E-state index is -4.85. The molecule has 0 atom stereocenters. The average Bonchev–Trinajstić information content (AvgIpc) is 3.27. The highest BCUT2D eigenvalue weighted by atomic mass is 32.2. The van der Waals surface area contributed by atoms with E-state index in [-0.39, 0.29) is 58.2 Å². The van der Waals surface area contributed by atoms with Crippen LogP contribution in [0.1, 0.15) is 11.1 Å². The van der Waals surface area contributed by atoms with Gasteiger partial charge < -0.3 is 31.9 Å². The second kappa shape index (κ2) is 18.8. The smallest absolute Gasteiger partial charge is 0.295 e. The van der Waals surface area contributed by atoms with Crippen LogP contribution in [0.15, 0.2) is 168 Å². The molecule has 0 radical (unpaired) electrons. The van der Waals surface area contributed by atoms with Crippen LogP contribution >= 0.6 is 0 Å². The maximum atomic E-state index is 12.7. The third-order valence-electron chi connectivity index (χ3n) is 8.93. The quantitative estimate of drug-likeness (QED) is 0.0332.